The molecule has 2 aromatic rings. The van der Waals surface area contributed by atoms with Gasteiger partial charge in [-0.25, -0.2) is 0 Å². The Morgan fingerprint density at radius 1 is 0.941 bits per heavy atom. The van der Waals surface area contributed by atoms with Crippen molar-refractivity contribution in [1.29, 1.82) is 0 Å². The van der Waals surface area contributed by atoms with Gasteiger partial charge < -0.3 is 0 Å². The summed E-state index contributed by atoms with van der Waals surface area (Å²) in [5.41, 5.74) is 2.61. The van der Waals surface area contributed by atoms with Crippen molar-refractivity contribution in [3.8, 4) is 0 Å². The second-order valence-electron chi connectivity index (χ2n) is 3.51. The molecule has 0 saturated heterocycles. The van der Waals surface area contributed by atoms with Gasteiger partial charge in [0.25, 0.3) is 5.24 Å². The first-order chi connectivity index (χ1) is 8.25. The van der Waals surface area contributed by atoms with Crippen molar-refractivity contribution in [3.05, 3.63) is 65.5 Å². The molecule has 0 unspecified atom stereocenters. The largest absolute Gasteiger partial charge is 0.276 e. The lowest BCUT2D eigenvalue weighted by molar-refractivity contribution is 0.108. The predicted octanol–water partition coefficient (Wildman–Crippen LogP) is 3.63. The zero-order valence-electron chi connectivity index (χ0n) is 9.01. The lowest BCUT2D eigenvalue weighted by atomic mass is 10.1. The highest BCUT2D eigenvalue weighted by Crippen LogP contribution is 2.10. The van der Waals surface area contributed by atoms with E-state index in [9.17, 15) is 4.79 Å². The number of carbonyl (C=O) groups excluding carboxylic acids is 1. The number of nitrogens with zero attached hydrogens (tertiary/aromatic N) is 1. The van der Waals surface area contributed by atoms with Crippen molar-refractivity contribution in [1.82, 2.24) is 4.98 Å². The molecule has 0 N–H and O–H groups in total. The van der Waals surface area contributed by atoms with Crippen molar-refractivity contribution in [2.45, 2.75) is 0 Å². The molecule has 0 fully saturated rings. The fourth-order valence-corrected chi connectivity index (χ4v) is 1.52. The molecular weight excluding hydrogens is 234 g/mol. The summed E-state index contributed by atoms with van der Waals surface area (Å²) in [6.45, 7) is 0. The molecule has 0 aliphatic carbocycles. The second kappa shape index (κ2) is 5.41. The van der Waals surface area contributed by atoms with Crippen molar-refractivity contribution >= 4 is 29.0 Å². The van der Waals surface area contributed by atoms with Crippen molar-refractivity contribution in [2.75, 3.05) is 0 Å². The summed E-state index contributed by atoms with van der Waals surface area (Å²) in [5, 5.41) is -0.435. The zero-order chi connectivity index (χ0) is 12.1. The van der Waals surface area contributed by atoms with Crippen LogP contribution in [0.1, 0.15) is 21.5 Å². The van der Waals surface area contributed by atoms with Crippen molar-refractivity contribution in [2.24, 2.45) is 0 Å². The Balaban J connectivity index is 2.14. The van der Waals surface area contributed by atoms with Gasteiger partial charge in [-0.1, -0.05) is 24.3 Å². The van der Waals surface area contributed by atoms with Gasteiger partial charge in [0.1, 0.15) is 0 Å². The lowest BCUT2D eigenvalue weighted by Crippen LogP contribution is -1.87. The summed E-state index contributed by atoms with van der Waals surface area (Å²) in [6.07, 6.45) is 7.45. The first-order valence-corrected chi connectivity index (χ1v) is 5.51. The predicted molar refractivity (Wildman–Crippen MR) is 69.8 cm³/mol. The van der Waals surface area contributed by atoms with Crippen LogP contribution >= 0.6 is 11.6 Å². The number of carbonyl (C=O) groups is 1. The third-order valence-corrected chi connectivity index (χ3v) is 2.53. The number of hydrogen-bond donors (Lipinski definition) is 0. The van der Waals surface area contributed by atoms with Crippen LogP contribution in [0.5, 0.6) is 0 Å². The number of rotatable bonds is 3. The van der Waals surface area contributed by atoms with Gasteiger partial charge in [0.15, 0.2) is 0 Å². The Kier molecular flexibility index (Phi) is 3.68. The Hall–Kier alpha value is -1.93. The maximum Gasteiger partial charge on any atom is 0.252 e. The van der Waals surface area contributed by atoms with Crippen LogP contribution in [0.4, 0.5) is 0 Å². The van der Waals surface area contributed by atoms with E-state index in [1.807, 2.05) is 36.4 Å². The Morgan fingerprint density at radius 3 is 2.00 bits per heavy atom. The molecule has 17 heavy (non-hydrogen) atoms. The first-order valence-electron chi connectivity index (χ1n) is 5.14. The Bertz CT molecular complexity index is 532. The normalized spacial score (nSPS) is 10.6. The Labute approximate surface area is 105 Å². The molecule has 0 saturated carbocycles. The maximum atomic E-state index is 10.9. The Morgan fingerprint density at radius 2 is 1.47 bits per heavy atom. The van der Waals surface area contributed by atoms with Gasteiger partial charge in [0.05, 0.1) is 0 Å². The lowest BCUT2D eigenvalue weighted by Gasteiger charge is -1.96. The summed E-state index contributed by atoms with van der Waals surface area (Å²) >= 11 is 5.36. The van der Waals surface area contributed by atoms with Crippen molar-refractivity contribution < 1.29 is 4.79 Å². The summed E-state index contributed by atoms with van der Waals surface area (Å²) in [4.78, 5) is 14.8. The molecule has 0 amide bonds. The highest BCUT2D eigenvalue weighted by atomic mass is 35.5. The first kappa shape index (κ1) is 11.6. The van der Waals surface area contributed by atoms with Gasteiger partial charge >= 0.3 is 0 Å². The quantitative estimate of drug-likeness (QED) is 0.771. The monoisotopic (exact) mass is 243 g/mol. The summed E-state index contributed by atoms with van der Waals surface area (Å²) in [7, 11) is 0. The SMILES string of the molecule is O=C(Cl)c1ccc(/C=C/c2ccncc2)cc1. The minimum absolute atomic E-state index is 0.435. The molecule has 1 aromatic heterocycles. The number of pyridine rings is 1. The van der Waals surface area contributed by atoms with Crippen LogP contribution in [0, 0.1) is 0 Å². The van der Waals surface area contributed by atoms with Gasteiger partial charge in [-0.3, -0.25) is 9.78 Å². The molecule has 84 valence electrons. The van der Waals surface area contributed by atoms with Crippen LogP contribution in [0.25, 0.3) is 12.2 Å². The van der Waals surface area contributed by atoms with E-state index in [2.05, 4.69) is 4.98 Å². The van der Waals surface area contributed by atoms with Crippen molar-refractivity contribution in [3.63, 3.8) is 0 Å². The minimum atomic E-state index is -0.435. The fraction of sp³-hybridized carbons (Fsp3) is 0. The molecule has 2 nitrogen and oxygen atoms in total. The molecule has 0 atom stereocenters. The average molecular weight is 244 g/mol. The molecule has 0 spiro atoms. The minimum Gasteiger partial charge on any atom is -0.276 e. The summed E-state index contributed by atoms with van der Waals surface area (Å²) in [6, 6.07) is 11.0. The van der Waals surface area contributed by atoms with Crippen LogP contribution in [-0.4, -0.2) is 10.2 Å². The molecule has 3 heteroatoms. The van der Waals surface area contributed by atoms with E-state index in [0.29, 0.717) is 5.56 Å². The van der Waals surface area contributed by atoms with Crippen LogP contribution in [0.2, 0.25) is 0 Å². The van der Waals surface area contributed by atoms with E-state index < -0.39 is 5.24 Å². The molecule has 1 heterocycles. The average Bonchev–Trinajstić information content (AvgIpc) is 2.38. The van der Waals surface area contributed by atoms with E-state index in [1.165, 1.54) is 0 Å². The zero-order valence-corrected chi connectivity index (χ0v) is 9.76. The van der Waals surface area contributed by atoms with E-state index >= 15 is 0 Å². The number of aromatic nitrogens is 1. The molecule has 0 radical (unpaired) electrons. The number of hydrogen-bond acceptors (Lipinski definition) is 2. The van der Waals surface area contributed by atoms with E-state index in [-0.39, 0.29) is 0 Å². The van der Waals surface area contributed by atoms with E-state index in [4.69, 9.17) is 11.6 Å². The van der Waals surface area contributed by atoms with Crippen LogP contribution < -0.4 is 0 Å². The van der Waals surface area contributed by atoms with Gasteiger partial charge in [-0.05, 0) is 47.0 Å². The topological polar surface area (TPSA) is 30.0 Å². The fourth-order valence-electron chi connectivity index (χ4n) is 1.39. The molecular formula is C14H10ClNO. The standard InChI is InChI=1S/C14H10ClNO/c15-14(17)13-5-3-11(4-6-13)1-2-12-7-9-16-10-8-12/h1-10H/b2-1+. The van der Waals surface area contributed by atoms with Gasteiger partial charge in [-0.15, -0.1) is 0 Å². The maximum absolute atomic E-state index is 10.9. The van der Waals surface area contributed by atoms with Gasteiger partial charge in [0.2, 0.25) is 0 Å². The van der Waals surface area contributed by atoms with Gasteiger partial charge in [-0.2, -0.15) is 0 Å². The molecule has 1 aromatic carbocycles. The molecule has 0 aliphatic heterocycles. The van der Waals surface area contributed by atoms with Crippen LogP contribution in [0.15, 0.2) is 48.8 Å². The smallest absolute Gasteiger partial charge is 0.252 e. The second-order valence-corrected chi connectivity index (χ2v) is 3.85. The van der Waals surface area contributed by atoms with Gasteiger partial charge in [0, 0.05) is 18.0 Å². The third-order valence-electron chi connectivity index (χ3n) is 2.31. The molecule has 2 rings (SSSR count). The van der Waals surface area contributed by atoms with E-state index in [0.717, 1.165) is 11.1 Å². The van der Waals surface area contributed by atoms with Crippen LogP contribution in [-0.2, 0) is 0 Å². The molecule has 0 bridgehead atoms. The summed E-state index contributed by atoms with van der Waals surface area (Å²) < 4.78 is 0. The highest BCUT2D eigenvalue weighted by molar-refractivity contribution is 6.67. The number of halogens is 1. The highest BCUT2D eigenvalue weighted by Gasteiger charge is 1.99. The third kappa shape index (κ3) is 3.26. The molecule has 0 aliphatic rings. The van der Waals surface area contributed by atoms with E-state index in [1.54, 1.807) is 24.5 Å². The number of benzene rings is 1. The summed E-state index contributed by atoms with van der Waals surface area (Å²) in [5.74, 6) is 0. The van der Waals surface area contributed by atoms with Crippen LogP contribution in [0.3, 0.4) is 0 Å².